The first-order valence-electron chi connectivity index (χ1n) is 10.6. The van der Waals surface area contributed by atoms with Gasteiger partial charge in [0.2, 0.25) is 5.95 Å². The van der Waals surface area contributed by atoms with E-state index in [4.69, 9.17) is 0 Å². The maximum atomic E-state index is 14.9. The molecular weight excluding hydrogens is 408 g/mol. The Morgan fingerprint density at radius 1 is 0.844 bits per heavy atom. The molecule has 4 aromatic rings. The summed E-state index contributed by atoms with van der Waals surface area (Å²) >= 11 is 0. The Morgan fingerprint density at radius 3 is 2.41 bits per heavy atom. The van der Waals surface area contributed by atoms with Gasteiger partial charge in [-0.2, -0.15) is 0 Å². The summed E-state index contributed by atoms with van der Waals surface area (Å²) in [4.78, 5) is 13.0. The summed E-state index contributed by atoms with van der Waals surface area (Å²) in [7, 11) is 2.02. The van der Waals surface area contributed by atoms with E-state index >= 15 is 0 Å². The minimum atomic E-state index is -0.929. The Hall–Kier alpha value is -3.58. The van der Waals surface area contributed by atoms with Crippen molar-refractivity contribution >= 4 is 28.2 Å². The summed E-state index contributed by atoms with van der Waals surface area (Å²) in [6, 6.07) is 18.9. The van der Waals surface area contributed by atoms with Crippen molar-refractivity contribution in [1.29, 1.82) is 0 Å². The van der Waals surface area contributed by atoms with Crippen LogP contribution in [0.25, 0.3) is 22.0 Å². The predicted octanol–water partition coefficient (Wildman–Crippen LogP) is 5.07. The number of aromatic nitrogens is 2. The molecule has 2 heterocycles. The van der Waals surface area contributed by atoms with Gasteiger partial charge in [-0.1, -0.05) is 48.5 Å². The van der Waals surface area contributed by atoms with Gasteiger partial charge in [-0.3, -0.25) is 0 Å². The van der Waals surface area contributed by atoms with Crippen LogP contribution in [0.2, 0.25) is 0 Å². The minimum Gasteiger partial charge on any atom is -0.367 e. The highest BCUT2D eigenvalue weighted by molar-refractivity contribution is 5.93. The number of hydrogen-bond donors (Lipinski definition) is 1. The summed E-state index contributed by atoms with van der Waals surface area (Å²) in [6.45, 7) is 2.96. The third-order valence-electron chi connectivity index (χ3n) is 5.85. The maximum Gasteiger partial charge on any atom is 0.227 e. The molecule has 0 amide bonds. The topological polar surface area (TPSA) is 44.3 Å². The third-order valence-corrected chi connectivity index (χ3v) is 5.85. The molecule has 1 saturated heterocycles. The van der Waals surface area contributed by atoms with Gasteiger partial charge in [0.05, 0.1) is 16.9 Å². The smallest absolute Gasteiger partial charge is 0.227 e. The monoisotopic (exact) mass is 431 g/mol. The fraction of sp³-hybridized carbons (Fsp3) is 0.200. The van der Waals surface area contributed by atoms with Crippen molar-refractivity contribution < 1.29 is 8.78 Å². The Kier molecular flexibility index (Phi) is 5.41. The Morgan fingerprint density at radius 2 is 1.62 bits per heavy atom. The van der Waals surface area contributed by atoms with Crippen LogP contribution in [0.4, 0.5) is 26.1 Å². The molecule has 3 aromatic carbocycles. The largest absolute Gasteiger partial charge is 0.367 e. The van der Waals surface area contributed by atoms with Crippen LogP contribution in [0.15, 0.2) is 66.9 Å². The first-order chi connectivity index (χ1) is 15.6. The number of piperazine rings is 1. The minimum absolute atomic E-state index is 0.0110. The van der Waals surface area contributed by atoms with E-state index in [9.17, 15) is 8.78 Å². The van der Waals surface area contributed by atoms with Crippen LogP contribution >= 0.6 is 0 Å². The lowest BCUT2D eigenvalue weighted by molar-refractivity contribution is 0.311. The second-order valence-corrected chi connectivity index (χ2v) is 7.98. The van der Waals surface area contributed by atoms with Gasteiger partial charge in [0.1, 0.15) is 0 Å². The van der Waals surface area contributed by atoms with Crippen LogP contribution in [0.5, 0.6) is 0 Å². The Labute approximate surface area is 185 Å². The molecule has 0 bridgehead atoms. The average Bonchev–Trinajstić information content (AvgIpc) is 2.83. The molecule has 7 heteroatoms. The molecule has 5 rings (SSSR count). The normalized spacial score (nSPS) is 14.7. The van der Waals surface area contributed by atoms with E-state index in [1.807, 2.05) is 60.5 Å². The number of nitrogens with one attached hydrogen (secondary N) is 1. The van der Waals surface area contributed by atoms with Crippen molar-refractivity contribution in [3.63, 3.8) is 0 Å². The number of para-hydroxylation sites is 1. The molecule has 0 atom stereocenters. The molecule has 0 aliphatic carbocycles. The van der Waals surface area contributed by atoms with Crippen molar-refractivity contribution in [3.8, 4) is 11.1 Å². The summed E-state index contributed by atoms with van der Waals surface area (Å²) in [5, 5.41) is 3.73. The number of fused-ring (bicyclic) bond motifs is 1. The lowest BCUT2D eigenvalue weighted by Crippen LogP contribution is -2.44. The average molecular weight is 431 g/mol. The molecule has 0 spiro atoms. The fourth-order valence-electron chi connectivity index (χ4n) is 4.01. The molecule has 5 nitrogen and oxygen atoms in total. The first-order valence-corrected chi connectivity index (χ1v) is 10.6. The Bertz CT molecular complexity index is 1250. The second-order valence-electron chi connectivity index (χ2n) is 7.98. The van der Waals surface area contributed by atoms with Crippen LogP contribution < -0.4 is 10.2 Å². The van der Waals surface area contributed by atoms with Gasteiger partial charge in [-0.05, 0) is 24.7 Å². The van der Waals surface area contributed by atoms with E-state index < -0.39 is 11.6 Å². The SMILES string of the molecule is CN1CCN(c2ccc(Nc3ncc4cccc(-c5ccccc5)c4n3)c(F)c2F)CC1. The van der Waals surface area contributed by atoms with Gasteiger partial charge < -0.3 is 15.1 Å². The van der Waals surface area contributed by atoms with E-state index in [-0.39, 0.29) is 17.3 Å². The predicted molar refractivity (Wildman–Crippen MR) is 124 cm³/mol. The summed E-state index contributed by atoms with van der Waals surface area (Å²) in [6.07, 6.45) is 1.68. The highest BCUT2D eigenvalue weighted by atomic mass is 19.2. The summed E-state index contributed by atoms with van der Waals surface area (Å²) in [5.74, 6) is -1.57. The van der Waals surface area contributed by atoms with Gasteiger partial charge in [0.15, 0.2) is 11.6 Å². The molecule has 162 valence electrons. The van der Waals surface area contributed by atoms with Gasteiger partial charge in [0, 0.05) is 43.3 Å². The lowest BCUT2D eigenvalue weighted by Gasteiger charge is -2.34. The Balaban J connectivity index is 1.46. The van der Waals surface area contributed by atoms with E-state index in [1.54, 1.807) is 18.3 Å². The van der Waals surface area contributed by atoms with Crippen molar-refractivity contribution in [1.82, 2.24) is 14.9 Å². The van der Waals surface area contributed by atoms with E-state index in [0.29, 0.717) is 13.1 Å². The zero-order valence-corrected chi connectivity index (χ0v) is 17.7. The van der Waals surface area contributed by atoms with Crippen molar-refractivity contribution in [3.05, 3.63) is 78.5 Å². The summed E-state index contributed by atoms with van der Waals surface area (Å²) in [5.41, 5.74) is 3.01. The molecule has 0 unspecified atom stereocenters. The molecule has 1 aliphatic heterocycles. The zero-order valence-electron chi connectivity index (χ0n) is 17.7. The van der Waals surface area contributed by atoms with Gasteiger partial charge in [-0.25, -0.2) is 18.7 Å². The molecule has 1 N–H and O–H groups in total. The fourth-order valence-corrected chi connectivity index (χ4v) is 4.01. The molecule has 0 radical (unpaired) electrons. The number of halogens is 2. The molecule has 1 aliphatic rings. The summed E-state index contributed by atoms with van der Waals surface area (Å²) < 4.78 is 29.8. The highest BCUT2D eigenvalue weighted by Crippen LogP contribution is 2.31. The maximum absolute atomic E-state index is 14.9. The highest BCUT2D eigenvalue weighted by Gasteiger charge is 2.21. The third kappa shape index (κ3) is 3.87. The number of rotatable bonds is 4. The van der Waals surface area contributed by atoms with Gasteiger partial charge in [0.25, 0.3) is 0 Å². The van der Waals surface area contributed by atoms with Crippen molar-refractivity contribution in [2.75, 3.05) is 43.4 Å². The number of benzene rings is 3. The molecule has 1 aromatic heterocycles. The van der Waals surface area contributed by atoms with Crippen LogP contribution in [-0.4, -0.2) is 48.1 Å². The molecule has 32 heavy (non-hydrogen) atoms. The van der Waals surface area contributed by atoms with Crippen LogP contribution in [-0.2, 0) is 0 Å². The number of anilines is 3. The molecule has 1 fully saturated rings. The van der Waals surface area contributed by atoms with E-state index in [1.165, 1.54) is 0 Å². The lowest BCUT2D eigenvalue weighted by atomic mass is 10.0. The van der Waals surface area contributed by atoms with E-state index in [2.05, 4.69) is 20.2 Å². The van der Waals surface area contributed by atoms with Gasteiger partial charge in [-0.15, -0.1) is 0 Å². The standard InChI is InChI=1S/C25H23F2N5/c1-31-12-14-32(15-13-31)21-11-10-20(22(26)23(21)27)29-25-28-16-18-8-5-9-19(24(18)30-25)17-6-3-2-4-7-17/h2-11,16H,12-15H2,1H3,(H,28,29,30). The van der Waals surface area contributed by atoms with Crippen LogP contribution in [0.3, 0.4) is 0 Å². The van der Waals surface area contributed by atoms with Crippen molar-refractivity contribution in [2.24, 2.45) is 0 Å². The molecule has 0 saturated carbocycles. The number of likely N-dealkylation sites (N-methyl/N-ethyl adjacent to an activating group) is 1. The number of nitrogens with zero attached hydrogens (tertiary/aromatic N) is 4. The van der Waals surface area contributed by atoms with E-state index in [0.717, 1.165) is 35.1 Å². The first kappa shape index (κ1) is 20.3. The molecular formula is C25H23F2N5. The van der Waals surface area contributed by atoms with Gasteiger partial charge >= 0.3 is 0 Å². The second kappa shape index (κ2) is 8.51. The van der Waals surface area contributed by atoms with Crippen molar-refractivity contribution in [2.45, 2.75) is 0 Å². The number of hydrogen-bond acceptors (Lipinski definition) is 5. The van der Waals surface area contributed by atoms with Crippen LogP contribution in [0.1, 0.15) is 0 Å². The zero-order chi connectivity index (χ0) is 22.1. The quantitative estimate of drug-likeness (QED) is 0.489. The van der Waals surface area contributed by atoms with Crippen LogP contribution in [0, 0.1) is 11.6 Å².